The van der Waals surface area contributed by atoms with E-state index in [9.17, 15) is 4.79 Å². The molecule has 3 heterocycles. The maximum atomic E-state index is 12.4. The number of ether oxygens (including phenoxy) is 1. The van der Waals surface area contributed by atoms with Crippen LogP contribution < -0.4 is 5.32 Å². The molecule has 0 saturated carbocycles. The van der Waals surface area contributed by atoms with Crippen molar-refractivity contribution in [2.24, 2.45) is 0 Å². The van der Waals surface area contributed by atoms with Crippen molar-refractivity contribution in [3.05, 3.63) is 71.4 Å². The normalized spacial score (nSPS) is 10.9. The second-order valence-electron chi connectivity index (χ2n) is 6.10. The van der Waals surface area contributed by atoms with Crippen molar-refractivity contribution >= 4 is 34.3 Å². The van der Waals surface area contributed by atoms with E-state index >= 15 is 0 Å². The molecule has 136 valence electrons. The van der Waals surface area contributed by atoms with Crippen LogP contribution in [0, 0.1) is 6.92 Å². The number of fused-ring (bicyclic) bond motifs is 1. The Balaban J connectivity index is 1.87. The average molecular weight is 377 g/mol. The first-order valence-electron chi connectivity index (χ1n) is 8.73. The van der Waals surface area contributed by atoms with Crippen LogP contribution in [-0.4, -0.2) is 22.0 Å². The lowest BCUT2D eigenvalue weighted by Gasteiger charge is -2.11. The topological polar surface area (TPSA) is 55.6 Å². The number of para-hydroxylation sites is 1. The van der Waals surface area contributed by atoms with Crippen molar-refractivity contribution in [2.45, 2.75) is 13.8 Å². The molecule has 4 rings (SSSR count). The maximum Gasteiger partial charge on any atom is 0.339 e. The van der Waals surface area contributed by atoms with Gasteiger partial charge in [0.2, 0.25) is 0 Å². The van der Waals surface area contributed by atoms with Crippen LogP contribution in [0.5, 0.6) is 0 Å². The molecule has 0 aliphatic rings. The zero-order valence-electron chi connectivity index (χ0n) is 15.1. The predicted octanol–water partition coefficient (Wildman–Crippen LogP) is 5.29. The zero-order chi connectivity index (χ0) is 18.8. The molecule has 0 bridgehead atoms. The molecule has 3 aromatic heterocycles. The zero-order valence-corrected chi connectivity index (χ0v) is 15.9. The highest BCUT2D eigenvalue weighted by molar-refractivity contribution is 7.15. The molecule has 0 aliphatic heterocycles. The molecule has 0 amide bonds. The molecule has 1 N–H and O–H groups in total. The van der Waals surface area contributed by atoms with Crippen molar-refractivity contribution < 1.29 is 9.53 Å². The highest BCUT2D eigenvalue weighted by Crippen LogP contribution is 2.31. The highest BCUT2D eigenvalue weighted by Gasteiger charge is 2.16. The van der Waals surface area contributed by atoms with Crippen LogP contribution in [0.4, 0.5) is 11.4 Å². The second kappa shape index (κ2) is 7.25. The van der Waals surface area contributed by atoms with Gasteiger partial charge in [0.15, 0.2) is 5.65 Å². The van der Waals surface area contributed by atoms with Crippen LogP contribution >= 0.6 is 11.3 Å². The van der Waals surface area contributed by atoms with Crippen molar-refractivity contribution in [2.75, 3.05) is 11.9 Å². The fourth-order valence-corrected chi connectivity index (χ4v) is 3.81. The Morgan fingerprint density at radius 3 is 2.74 bits per heavy atom. The fourth-order valence-electron chi connectivity index (χ4n) is 2.94. The number of nitrogens with zero attached hydrogens (tertiary/aromatic N) is 2. The van der Waals surface area contributed by atoms with Gasteiger partial charge in [0.25, 0.3) is 0 Å². The maximum absolute atomic E-state index is 12.4. The summed E-state index contributed by atoms with van der Waals surface area (Å²) in [5.41, 5.74) is 3.87. The standard InChI is InChI=1S/C21H19N3O2S/c1-3-26-21(25)15-11-17(23-16-7-5-4-6-8-16)20-22-12-18(24(20)13-15)19-10-9-14(2)27-19/h4-13,23H,3H2,1-2H3. The molecule has 0 radical (unpaired) electrons. The number of carbonyl (C=O) groups is 1. The summed E-state index contributed by atoms with van der Waals surface area (Å²) >= 11 is 1.70. The van der Waals surface area contributed by atoms with E-state index in [2.05, 4.69) is 29.4 Å². The first-order chi connectivity index (χ1) is 13.2. The lowest BCUT2D eigenvalue weighted by molar-refractivity contribution is 0.0526. The van der Waals surface area contributed by atoms with Crippen molar-refractivity contribution in [1.29, 1.82) is 0 Å². The molecule has 5 nitrogen and oxygen atoms in total. The summed E-state index contributed by atoms with van der Waals surface area (Å²) in [5.74, 6) is -0.350. The van der Waals surface area contributed by atoms with Crippen molar-refractivity contribution in [3.63, 3.8) is 0 Å². The van der Waals surface area contributed by atoms with Crippen LogP contribution in [0.25, 0.3) is 16.2 Å². The predicted molar refractivity (Wildman–Crippen MR) is 109 cm³/mol. The third kappa shape index (κ3) is 3.44. The van der Waals surface area contributed by atoms with Crippen LogP contribution in [-0.2, 0) is 4.74 Å². The number of esters is 1. The van der Waals surface area contributed by atoms with E-state index in [1.54, 1.807) is 30.5 Å². The molecule has 6 heteroatoms. The largest absolute Gasteiger partial charge is 0.462 e. The third-order valence-corrected chi connectivity index (χ3v) is 5.19. The minimum Gasteiger partial charge on any atom is -0.462 e. The molecule has 27 heavy (non-hydrogen) atoms. The summed E-state index contributed by atoms with van der Waals surface area (Å²) in [7, 11) is 0. The van der Waals surface area contributed by atoms with E-state index < -0.39 is 0 Å². The van der Waals surface area contributed by atoms with Gasteiger partial charge in [-0.3, -0.25) is 4.40 Å². The minimum absolute atomic E-state index is 0.333. The van der Waals surface area contributed by atoms with E-state index in [1.165, 1.54) is 4.88 Å². The van der Waals surface area contributed by atoms with E-state index in [1.807, 2.05) is 40.9 Å². The summed E-state index contributed by atoms with van der Waals surface area (Å²) in [4.78, 5) is 19.3. The SMILES string of the molecule is CCOC(=O)c1cc(Nc2ccccc2)c2ncc(-c3ccc(C)s3)n2c1. The lowest BCUT2D eigenvalue weighted by atomic mass is 10.2. The molecule has 0 fully saturated rings. The van der Waals surface area contributed by atoms with Crippen molar-refractivity contribution in [1.82, 2.24) is 9.38 Å². The van der Waals surface area contributed by atoms with Crippen molar-refractivity contribution in [3.8, 4) is 10.6 Å². The van der Waals surface area contributed by atoms with Gasteiger partial charge in [-0.2, -0.15) is 0 Å². The summed E-state index contributed by atoms with van der Waals surface area (Å²) in [5, 5.41) is 3.37. The Morgan fingerprint density at radius 1 is 1.22 bits per heavy atom. The molecule has 0 unspecified atom stereocenters. The van der Waals surface area contributed by atoms with Crippen LogP contribution in [0.2, 0.25) is 0 Å². The summed E-state index contributed by atoms with van der Waals surface area (Å²) < 4.78 is 7.16. The minimum atomic E-state index is -0.350. The van der Waals surface area contributed by atoms with E-state index in [0.29, 0.717) is 12.2 Å². The fraction of sp³-hybridized carbons (Fsp3) is 0.143. The molecular formula is C21H19N3O2S. The number of hydrogen-bond donors (Lipinski definition) is 1. The van der Waals surface area contributed by atoms with Gasteiger partial charge < -0.3 is 10.1 Å². The molecule has 0 aliphatic carbocycles. The van der Waals surface area contributed by atoms with Gasteiger partial charge >= 0.3 is 5.97 Å². The summed E-state index contributed by atoms with van der Waals surface area (Å²) in [6.07, 6.45) is 3.63. The van der Waals surface area contributed by atoms with Gasteiger partial charge in [0, 0.05) is 16.8 Å². The summed E-state index contributed by atoms with van der Waals surface area (Å²) in [6, 6.07) is 15.8. The number of anilines is 2. The Kier molecular flexibility index (Phi) is 4.64. The number of carbonyl (C=O) groups excluding carboxylic acids is 1. The number of thiophene rings is 1. The van der Waals surface area contributed by atoms with E-state index in [4.69, 9.17) is 4.74 Å². The molecule has 0 spiro atoms. The monoisotopic (exact) mass is 377 g/mol. The lowest BCUT2D eigenvalue weighted by Crippen LogP contribution is -2.07. The first kappa shape index (κ1) is 17.3. The second-order valence-corrected chi connectivity index (χ2v) is 7.39. The Morgan fingerprint density at radius 2 is 2.04 bits per heavy atom. The summed E-state index contributed by atoms with van der Waals surface area (Å²) in [6.45, 7) is 4.21. The number of nitrogens with one attached hydrogen (secondary N) is 1. The Hall–Kier alpha value is -3.12. The van der Waals surface area contributed by atoms with E-state index in [-0.39, 0.29) is 5.97 Å². The molecular weight excluding hydrogens is 358 g/mol. The Labute approximate surface area is 161 Å². The van der Waals surface area contributed by atoms with Gasteiger partial charge in [0.05, 0.1) is 34.6 Å². The number of aromatic nitrogens is 2. The van der Waals surface area contributed by atoms with E-state index in [0.717, 1.165) is 27.6 Å². The number of aryl methyl sites for hydroxylation is 1. The number of hydrogen-bond acceptors (Lipinski definition) is 5. The smallest absolute Gasteiger partial charge is 0.339 e. The number of imidazole rings is 1. The van der Waals surface area contributed by atoms with Gasteiger partial charge in [-0.25, -0.2) is 9.78 Å². The number of rotatable bonds is 5. The molecule has 1 aromatic carbocycles. The van der Waals surface area contributed by atoms with Gasteiger partial charge in [-0.15, -0.1) is 11.3 Å². The van der Waals surface area contributed by atoms with Gasteiger partial charge in [-0.05, 0) is 44.2 Å². The van der Waals surface area contributed by atoms with Gasteiger partial charge in [-0.1, -0.05) is 18.2 Å². The van der Waals surface area contributed by atoms with Crippen LogP contribution in [0.1, 0.15) is 22.2 Å². The molecule has 0 saturated heterocycles. The Bertz CT molecular complexity index is 1100. The molecule has 4 aromatic rings. The highest BCUT2D eigenvalue weighted by atomic mass is 32.1. The third-order valence-electron chi connectivity index (χ3n) is 4.16. The quantitative estimate of drug-likeness (QED) is 0.480. The average Bonchev–Trinajstić information content (AvgIpc) is 3.28. The first-order valence-corrected chi connectivity index (χ1v) is 9.54. The van der Waals surface area contributed by atoms with Crippen LogP contribution in [0.3, 0.4) is 0 Å². The molecule has 0 atom stereocenters. The van der Waals surface area contributed by atoms with Crippen LogP contribution in [0.15, 0.2) is 60.9 Å². The number of benzene rings is 1. The number of pyridine rings is 1. The van der Waals surface area contributed by atoms with Gasteiger partial charge in [0.1, 0.15) is 0 Å².